The Kier molecular flexibility index (Phi) is 2.07. The zero-order chi connectivity index (χ0) is 11.0. The van der Waals surface area contributed by atoms with Crippen LogP contribution in [0.2, 0.25) is 0 Å². The third-order valence-electron chi connectivity index (χ3n) is 2.59. The molecule has 0 bridgehead atoms. The summed E-state index contributed by atoms with van der Waals surface area (Å²) < 4.78 is 5.19. The number of rotatable bonds is 2. The molecule has 1 aliphatic rings. The molecule has 0 spiro atoms. The Morgan fingerprint density at radius 3 is 3.06 bits per heavy atom. The van der Waals surface area contributed by atoms with E-state index in [1.54, 1.807) is 12.4 Å². The van der Waals surface area contributed by atoms with Gasteiger partial charge in [0.2, 0.25) is 11.7 Å². The average molecular weight is 217 g/mol. The van der Waals surface area contributed by atoms with Crippen LogP contribution in [-0.2, 0) is 0 Å². The Morgan fingerprint density at radius 2 is 2.38 bits per heavy atom. The molecule has 0 amide bonds. The molecule has 3 rings (SSSR count). The van der Waals surface area contributed by atoms with Crippen molar-refractivity contribution < 1.29 is 4.52 Å². The Bertz CT molecular complexity index is 501. The van der Waals surface area contributed by atoms with Crippen LogP contribution < -0.4 is 5.73 Å². The molecule has 1 aliphatic carbocycles. The van der Waals surface area contributed by atoms with Gasteiger partial charge in [0.25, 0.3) is 0 Å². The van der Waals surface area contributed by atoms with Gasteiger partial charge in [-0.15, -0.1) is 0 Å². The van der Waals surface area contributed by atoms with E-state index in [4.69, 9.17) is 10.3 Å². The lowest BCUT2D eigenvalue weighted by Crippen LogP contribution is -2.14. The van der Waals surface area contributed by atoms with Crippen molar-refractivity contribution in [1.29, 1.82) is 0 Å². The van der Waals surface area contributed by atoms with Crippen LogP contribution >= 0.6 is 0 Å². The van der Waals surface area contributed by atoms with Crippen LogP contribution in [0.5, 0.6) is 0 Å². The number of imidazole rings is 1. The van der Waals surface area contributed by atoms with Crippen molar-refractivity contribution in [3.05, 3.63) is 30.4 Å². The molecule has 0 aromatic carbocycles. The predicted octanol–water partition coefficient (Wildman–Crippen LogP) is 0.830. The van der Waals surface area contributed by atoms with E-state index < -0.39 is 0 Å². The van der Waals surface area contributed by atoms with Crippen LogP contribution in [0.4, 0.5) is 0 Å². The zero-order valence-corrected chi connectivity index (χ0v) is 8.50. The normalized spacial score (nSPS) is 24.1. The van der Waals surface area contributed by atoms with Crippen molar-refractivity contribution in [2.24, 2.45) is 5.73 Å². The van der Waals surface area contributed by atoms with Gasteiger partial charge in [0, 0.05) is 18.4 Å². The number of nitrogens with zero attached hydrogens (tertiary/aromatic N) is 3. The van der Waals surface area contributed by atoms with Crippen LogP contribution in [0.15, 0.2) is 29.1 Å². The van der Waals surface area contributed by atoms with Crippen LogP contribution in [-0.4, -0.2) is 26.2 Å². The minimum Gasteiger partial charge on any atom is -0.342 e. The summed E-state index contributed by atoms with van der Waals surface area (Å²) in [6.07, 6.45) is 8.15. The first-order valence-electron chi connectivity index (χ1n) is 5.10. The second-order valence-electron chi connectivity index (χ2n) is 3.78. The van der Waals surface area contributed by atoms with Crippen LogP contribution in [0.25, 0.3) is 11.6 Å². The van der Waals surface area contributed by atoms with Gasteiger partial charge in [-0.3, -0.25) is 0 Å². The van der Waals surface area contributed by atoms with E-state index in [9.17, 15) is 0 Å². The topological polar surface area (TPSA) is 93.6 Å². The van der Waals surface area contributed by atoms with Gasteiger partial charge in [0.15, 0.2) is 5.82 Å². The quantitative estimate of drug-likeness (QED) is 0.726. The van der Waals surface area contributed by atoms with Crippen molar-refractivity contribution in [2.75, 3.05) is 0 Å². The summed E-state index contributed by atoms with van der Waals surface area (Å²) in [6.45, 7) is 0. The summed E-state index contributed by atoms with van der Waals surface area (Å²) in [7, 11) is 0. The van der Waals surface area contributed by atoms with Crippen molar-refractivity contribution in [3.8, 4) is 11.6 Å². The smallest absolute Gasteiger partial charge is 0.238 e. The lowest BCUT2D eigenvalue weighted by Gasteiger charge is -2.01. The van der Waals surface area contributed by atoms with E-state index in [0.717, 1.165) is 6.42 Å². The highest BCUT2D eigenvalue weighted by molar-refractivity contribution is 5.41. The van der Waals surface area contributed by atoms with Gasteiger partial charge >= 0.3 is 0 Å². The zero-order valence-electron chi connectivity index (χ0n) is 8.50. The highest BCUT2D eigenvalue weighted by atomic mass is 16.5. The third-order valence-corrected chi connectivity index (χ3v) is 2.59. The highest BCUT2D eigenvalue weighted by Gasteiger charge is 2.23. The first-order chi connectivity index (χ1) is 7.83. The molecule has 2 unspecified atom stereocenters. The monoisotopic (exact) mass is 217 g/mol. The average Bonchev–Trinajstić information content (AvgIpc) is 2.97. The fourth-order valence-corrected chi connectivity index (χ4v) is 1.78. The van der Waals surface area contributed by atoms with Crippen LogP contribution in [0.3, 0.4) is 0 Å². The number of hydrogen-bond acceptors (Lipinski definition) is 5. The third kappa shape index (κ3) is 1.53. The maximum atomic E-state index is 5.77. The molecule has 0 fully saturated rings. The first-order valence-corrected chi connectivity index (χ1v) is 5.10. The Morgan fingerprint density at radius 1 is 1.44 bits per heavy atom. The molecule has 2 heterocycles. The molecule has 0 radical (unpaired) electrons. The number of aromatic amines is 1. The number of allylic oxidation sites excluding steroid dienone is 1. The molecule has 6 nitrogen and oxygen atoms in total. The summed E-state index contributed by atoms with van der Waals surface area (Å²) >= 11 is 0. The standard InChI is InChI=1S/C10H11N5O/c11-7-2-1-6(5-7)10-14-9(15-16-10)8-12-3-4-13-8/h1-4,6-7H,5,11H2,(H,12,13). The molecule has 82 valence electrons. The maximum absolute atomic E-state index is 5.77. The number of H-pyrrole nitrogens is 1. The van der Waals surface area contributed by atoms with Gasteiger partial charge < -0.3 is 15.2 Å². The molecule has 0 saturated carbocycles. The Balaban J connectivity index is 1.86. The minimum atomic E-state index is 0.0870. The summed E-state index contributed by atoms with van der Waals surface area (Å²) in [6, 6.07) is 0.0870. The Labute approximate surface area is 91.6 Å². The lowest BCUT2D eigenvalue weighted by molar-refractivity contribution is 0.364. The molecule has 16 heavy (non-hydrogen) atoms. The summed E-state index contributed by atoms with van der Waals surface area (Å²) in [5.74, 6) is 1.82. The first kappa shape index (κ1) is 9.29. The summed E-state index contributed by atoms with van der Waals surface area (Å²) in [4.78, 5) is 11.3. The fourth-order valence-electron chi connectivity index (χ4n) is 1.78. The second kappa shape index (κ2) is 3.57. The molecular formula is C10H11N5O. The minimum absolute atomic E-state index is 0.0870. The van der Waals surface area contributed by atoms with Crippen molar-refractivity contribution in [2.45, 2.75) is 18.4 Å². The summed E-state index contributed by atoms with van der Waals surface area (Å²) in [5, 5.41) is 3.87. The van der Waals surface area contributed by atoms with E-state index >= 15 is 0 Å². The number of nitrogens with one attached hydrogen (secondary N) is 1. The SMILES string of the molecule is NC1C=CC(c2nc(-c3ncc[nH]3)no2)C1. The Hall–Kier alpha value is -1.95. The molecule has 2 aromatic heterocycles. The van der Waals surface area contributed by atoms with Crippen molar-refractivity contribution in [3.63, 3.8) is 0 Å². The largest absolute Gasteiger partial charge is 0.342 e. The van der Waals surface area contributed by atoms with Gasteiger partial charge in [-0.05, 0) is 6.42 Å². The number of nitrogens with two attached hydrogens (primary N) is 1. The number of aromatic nitrogens is 4. The van der Waals surface area contributed by atoms with Crippen LogP contribution in [0.1, 0.15) is 18.2 Å². The maximum Gasteiger partial charge on any atom is 0.238 e. The van der Waals surface area contributed by atoms with E-state index in [2.05, 4.69) is 20.1 Å². The van der Waals surface area contributed by atoms with Gasteiger partial charge in [0.1, 0.15) is 0 Å². The van der Waals surface area contributed by atoms with Gasteiger partial charge in [-0.1, -0.05) is 17.3 Å². The molecule has 0 aliphatic heterocycles. The van der Waals surface area contributed by atoms with Gasteiger partial charge in [-0.2, -0.15) is 4.98 Å². The molecule has 3 N–H and O–H groups in total. The van der Waals surface area contributed by atoms with Crippen molar-refractivity contribution >= 4 is 0 Å². The van der Waals surface area contributed by atoms with Gasteiger partial charge in [0.05, 0.1) is 5.92 Å². The molecule has 2 aromatic rings. The van der Waals surface area contributed by atoms with Crippen LogP contribution in [0, 0.1) is 0 Å². The molecule has 0 saturated heterocycles. The molecule has 2 atom stereocenters. The second-order valence-corrected chi connectivity index (χ2v) is 3.78. The lowest BCUT2D eigenvalue weighted by atomic mass is 10.1. The van der Waals surface area contributed by atoms with E-state index in [-0.39, 0.29) is 12.0 Å². The van der Waals surface area contributed by atoms with Crippen molar-refractivity contribution in [1.82, 2.24) is 20.1 Å². The van der Waals surface area contributed by atoms with E-state index in [1.807, 2.05) is 12.2 Å². The highest BCUT2D eigenvalue weighted by Crippen LogP contribution is 2.27. The number of hydrogen-bond donors (Lipinski definition) is 2. The molecule has 6 heteroatoms. The van der Waals surface area contributed by atoms with Gasteiger partial charge in [-0.25, -0.2) is 4.98 Å². The van der Waals surface area contributed by atoms with E-state index in [0.29, 0.717) is 17.5 Å². The van der Waals surface area contributed by atoms with E-state index in [1.165, 1.54) is 0 Å². The fraction of sp³-hybridized carbons (Fsp3) is 0.300. The predicted molar refractivity (Wildman–Crippen MR) is 56.4 cm³/mol. The molecular weight excluding hydrogens is 206 g/mol. The summed E-state index contributed by atoms with van der Waals surface area (Å²) in [5.41, 5.74) is 5.77.